The van der Waals surface area contributed by atoms with Crippen molar-refractivity contribution in [1.29, 1.82) is 0 Å². The van der Waals surface area contributed by atoms with Crippen molar-refractivity contribution in [3.63, 3.8) is 0 Å². The van der Waals surface area contributed by atoms with E-state index in [9.17, 15) is 24.1 Å². The van der Waals surface area contributed by atoms with E-state index in [1.165, 1.54) is 0 Å². The Morgan fingerprint density at radius 2 is 1.77 bits per heavy atom. The second-order valence-electron chi connectivity index (χ2n) is 6.10. The van der Waals surface area contributed by atoms with Crippen LogP contribution in [0.5, 0.6) is 5.75 Å². The Balaban J connectivity index is 1.69. The number of phenolic OH excluding ortho intramolecular Hbond substituents is 1. The number of primary amides is 1. The second-order valence-corrected chi connectivity index (χ2v) is 7.81. The smallest absolute Gasteiger partial charge is 0.248 e. The summed E-state index contributed by atoms with van der Waals surface area (Å²) in [6.07, 6.45) is 0.278. The van der Waals surface area contributed by atoms with E-state index < -0.39 is 23.1 Å². The molecule has 1 heterocycles. The summed E-state index contributed by atoms with van der Waals surface area (Å²) in [6.45, 7) is -0.0402. The lowest BCUT2D eigenvalue weighted by Gasteiger charge is -2.36. The molecule has 1 atom stereocenters. The zero-order valence-electron chi connectivity index (χ0n) is 13.9. The van der Waals surface area contributed by atoms with Gasteiger partial charge in [0.15, 0.2) is 0 Å². The van der Waals surface area contributed by atoms with Crippen LogP contribution in [-0.2, 0) is 12.8 Å². The van der Waals surface area contributed by atoms with Crippen molar-refractivity contribution < 1.29 is 24.1 Å². The van der Waals surface area contributed by atoms with E-state index in [0.29, 0.717) is 18.4 Å². The molecule has 7 N–H and O–H groups in total. The van der Waals surface area contributed by atoms with Gasteiger partial charge in [0, 0.05) is 5.56 Å². The van der Waals surface area contributed by atoms with Crippen LogP contribution in [0.3, 0.4) is 0 Å². The van der Waals surface area contributed by atoms with Gasteiger partial charge in [-0.3, -0.25) is 18.2 Å². The summed E-state index contributed by atoms with van der Waals surface area (Å²) < 4.78 is 23.3. The fourth-order valence-corrected chi connectivity index (χ4v) is 4.18. The summed E-state index contributed by atoms with van der Waals surface area (Å²) in [4.78, 5) is 11.1. The number of benzene rings is 2. The zero-order valence-corrected chi connectivity index (χ0v) is 14.7. The molecule has 0 aliphatic carbocycles. The molecule has 1 saturated heterocycles. The first-order valence-electron chi connectivity index (χ1n) is 7.98. The zero-order chi connectivity index (χ0) is 18.9. The minimum absolute atomic E-state index is 0.0402. The molecule has 9 heteroatoms. The molecule has 1 aliphatic heterocycles. The fraction of sp³-hybridized carbons (Fsp3) is 0.235. The molecule has 0 radical (unpaired) electrons. The number of hydrogen-bond donors (Lipinski definition) is 6. The Bertz CT molecular complexity index is 813. The number of nitrogens with zero attached hydrogens (tertiary/aromatic N) is 1. The van der Waals surface area contributed by atoms with Crippen LogP contribution >= 0.6 is 11.0 Å². The van der Waals surface area contributed by atoms with Crippen molar-refractivity contribution in [1.82, 2.24) is 4.72 Å². The third kappa shape index (κ3) is 3.92. The standard InChI is InChI=1S/C17H21N3O5S/c18-17(23)13-6-3-11(4-7-13)1-2-12-5-8-14(15(21)9-12)20-10-16(22)19-26(20,24)25/h3-9,16,19,21-22,24-25H,1-2,10H2,(H2,18,23). The number of aromatic hydroxyl groups is 1. The van der Waals surface area contributed by atoms with Crippen LogP contribution in [0.2, 0.25) is 0 Å². The monoisotopic (exact) mass is 379 g/mol. The van der Waals surface area contributed by atoms with E-state index >= 15 is 0 Å². The largest absolute Gasteiger partial charge is 0.506 e. The number of β-amino-alcohol motifs (C(OH)–C–C–N with tert-alkyl or cyclic N) is 1. The number of nitrogens with two attached hydrogens (primary N) is 1. The topological polar surface area (TPSA) is 139 Å². The number of aliphatic hydroxyl groups excluding tert-OH is 1. The summed E-state index contributed by atoms with van der Waals surface area (Å²) >= 11 is 0. The summed E-state index contributed by atoms with van der Waals surface area (Å²) in [6, 6.07) is 12.0. The maximum atomic E-state index is 11.1. The Morgan fingerprint density at radius 3 is 2.31 bits per heavy atom. The molecule has 1 unspecified atom stereocenters. The summed E-state index contributed by atoms with van der Waals surface area (Å²) in [5.41, 5.74) is 7.81. The van der Waals surface area contributed by atoms with Gasteiger partial charge in [-0.15, -0.1) is 0 Å². The molecule has 140 valence electrons. The maximum Gasteiger partial charge on any atom is 0.248 e. The first kappa shape index (κ1) is 18.5. The molecular weight excluding hydrogens is 358 g/mol. The lowest BCUT2D eigenvalue weighted by atomic mass is 10.0. The third-order valence-electron chi connectivity index (χ3n) is 4.19. The molecule has 3 rings (SSSR count). The van der Waals surface area contributed by atoms with Gasteiger partial charge in [0.05, 0.1) is 6.54 Å². The first-order valence-corrected chi connectivity index (χ1v) is 9.48. The maximum absolute atomic E-state index is 11.1. The molecule has 1 fully saturated rings. The Hall–Kier alpha value is -2.30. The first-order chi connectivity index (χ1) is 12.3. The average Bonchev–Trinajstić information content (AvgIpc) is 2.85. The number of nitrogens with one attached hydrogen (secondary N) is 1. The highest BCUT2D eigenvalue weighted by Gasteiger charge is 2.36. The Labute approximate surface area is 152 Å². The number of aliphatic hydroxyl groups is 1. The second kappa shape index (κ2) is 7.14. The number of carbonyl (C=O) groups excluding carboxylic acids is 1. The van der Waals surface area contributed by atoms with Gasteiger partial charge >= 0.3 is 0 Å². The number of carbonyl (C=O) groups is 1. The van der Waals surface area contributed by atoms with E-state index in [2.05, 4.69) is 4.72 Å². The van der Waals surface area contributed by atoms with E-state index in [0.717, 1.165) is 15.4 Å². The van der Waals surface area contributed by atoms with Crippen LogP contribution in [0.4, 0.5) is 5.69 Å². The van der Waals surface area contributed by atoms with Gasteiger partial charge in [-0.2, -0.15) is 4.72 Å². The van der Waals surface area contributed by atoms with Crippen molar-refractivity contribution in [3.05, 3.63) is 59.2 Å². The van der Waals surface area contributed by atoms with Gasteiger partial charge in [0.2, 0.25) is 5.91 Å². The molecule has 2 aromatic carbocycles. The van der Waals surface area contributed by atoms with E-state index in [1.807, 2.05) is 12.1 Å². The van der Waals surface area contributed by atoms with E-state index in [4.69, 9.17) is 5.73 Å². The summed E-state index contributed by atoms with van der Waals surface area (Å²) in [5, 5.41) is 19.8. The third-order valence-corrected chi connectivity index (χ3v) is 5.74. The SMILES string of the molecule is NC(=O)c1ccc(CCc2ccc(N3CC(O)NS3(O)O)c(O)c2)cc1. The number of hydrogen-bond acceptors (Lipinski definition) is 7. The number of anilines is 1. The normalized spacial score (nSPS) is 20.1. The summed E-state index contributed by atoms with van der Waals surface area (Å²) in [5.74, 6) is -0.563. The lowest BCUT2D eigenvalue weighted by molar-refractivity contribution is 0.1000. The van der Waals surface area contributed by atoms with Gasteiger partial charge in [-0.25, -0.2) is 0 Å². The number of rotatable bonds is 5. The van der Waals surface area contributed by atoms with Gasteiger partial charge in [-0.1, -0.05) is 29.2 Å². The number of phenols is 1. The predicted molar refractivity (Wildman–Crippen MR) is 99.8 cm³/mol. The van der Waals surface area contributed by atoms with Crippen LogP contribution < -0.4 is 14.8 Å². The van der Waals surface area contributed by atoms with Crippen LogP contribution in [0.1, 0.15) is 21.5 Å². The van der Waals surface area contributed by atoms with Crippen molar-refractivity contribution in [3.8, 4) is 5.75 Å². The van der Waals surface area contributed by atoms with Crippen molar-refractivity contribution >= 4 is 22.6 Å². The molecule has 0 spiro atoms. The molecule has 0 aromatic heterocycles. The van der Waals surface area contributed by atoms with Gasteiger partial charge in [0.25, 0.3) is 0 Å². The highest BCUT2D eigenvalue weighted by Crippen LogP contribution is 2.49. The van der Waals surface area contributed by atoms with Crippen LogP contribution in [0.15, 0.2) is 42.5 Å². The van der Waals surface area contributed by atoms with Crippen LogP contribution in [0, 0.1) is 0 Å². The lowest BCUT2D eigenvalue weighted by Crippen LogP contribution is -2.25. The highest BCUT2D eigenvalue weighted by atomic mass is 32.3. The molecule has 2 aromatic rings. The van der Waals surface area contributed by atoms with Crippen LogP contribution in [-0.4, -0.2) is 38.0 Å². The minimum atomic E-state index is -3.36. The van der Waals surface area contributed by atoms with Crippen molar-refractivity contribution in [2.24, 2.45) is 5.73 Å². The minimum Gasteiger partial charge on any atom is -0.506 e. The fourth-order valence-electron chi connectivity index (χ4n) is 2.84. The van der Waals surface area contributed by atoms with E-state index in [1.54, 1.807) is 30.3 Å². The Kier molecular flexibility index (Phi) is 5.08. The predicted octanol–water partition coefficient (Wildman–Crippen LogP) is 1.58. The molecule has 1 aliphatic rings. The van der Waals surface area contributed by atoms with Gasteiger partial charge in [0.1, 0.15) is 17.7 Å². The van der Waals surface area contributed by atoms with Gasteiger partial charge in [-0.05, 0) is 48.2 Å². The number of amides is 1. The Morgan fingerprint density at radius 1 is 1.15 bits per heavy atom. The molecule has 8 nitrogen and oxygen atoms in total. The molecule has 1 amide bonds. The molecule has 0 saturated carbocycles. The molecule has 26 heavy (non-hydrogen) atoms. The van der Waals surface area contributed by atoms with E-state index in [-0.39, 0.29) is 18.0 Å². The quantitative estimate of drug-likeness (QED) is 0.463. The van der Waals surface area contributed by atoms with Crippen LogP contribution in [0.25, 0.3) is 0 Å². The van der Waals surface area contributed by atoms with Gasteiger partial charge < -0.3 is 15.9 Å². The van der Waals surface area contributed by atoms with Crippen molar-refractivity contribution in [2.45, 2.75) is 19.1 Å². The van der Waals surface area contributed by atoms with Crippen molar-refractivity contribution in [2.75, 3.05) is 10.8 Å². The average molecular weight is 379 g/mol. The summed E-state index contributed by atoms with van der Waals surface area (Å²) in [7, 11) is -3.36. The molecule has 0 bridgehead atoms. The number of aryl methyl sites for hydroxylation is 2. The molecular formula is C17H21N3O5S. The highest BCUT2D eigenvalue weighted by molar-refractivity contribution is 8.24.